The van der Waals surface area contributed by atoms with Gasteiger partial charge in [-0.05, 0) is 63.4 Å². The SMILES string of the molecule is COc1cc(C=O)c([N+](=O)[O-])cc1CC1COC(C)(C)O1.COc1cc2c(cc1CC1COC(C)(C)O1)NC(=O)CC2. The van der Waals surface area contributed by atoms with Gasteiger partial charge in [-0.25, -0.2) is 0 Å². The highest BCUT2D eigenvalue weighted by Crippen LogP contribution is 2.34. The lowest BCUT2D eigenvalue weighted by Gasteiger charge is -2.21. The summed E-state index contributed by atoms with van der Waals surface area (Å²) in [5, 5.41) is 13.9. The number of fused-ring (bicyclic) bond motifs is 1. The van der Waals surface area contributed by atoms with Gasteiger partial charge in [-0.15, -0.1) is 0 Å². The van der Waals surface area contributed by atoms with Gasteiger partial charge in [0.15, 0.2) is 17.9 Å². The van der Waals surface area contributed by atoms with Crippen molar-refractivity contribution in [1.82, 2.24) is 0 Å². The first kappa shape index (κ1) is 31.4. The van der Waals surface area contributed by atoms with Crippen LogP contribution >= 0.6 is 0 Å². The third-order valence-electron chi connectivity index (χ3n) is 7.18. The van der Waals surface area contributed by atoms with Gasteiger partial charge in [-0.1, -0.05) is 0 Å². The highest BCUT2D eigenvalue weighted by Gasteiger charge is 2.34. The summed E-state index contributed by atoms with van der Waals surface area (Å²) in [6.07, 6.45) is 2.64. The van der Waals surface area contributed by atoms with E-state index in [-0.39, 0.29) is 29.4 Å². The van der Waals surface area contributed by atoms with Gasteiger partial charge in [0.1, 0.15) is 11.5 Å². The molecule has 0 radical (unpaired) electrons. The summed E-state index contributed by atoms with van der Waals surface area (Å²) in [5.74, 6) is 0.154. The Bertz CT molecular complexity index is 1340. The third kappa shape index (κ3) is 7.62. The first-order valence-corrected chi connectivity index (χ1v) is 13.8. The maximum atomic E-state index is 11.5. The largest absolute Gasteiger partial charge is 0.496 e. The quantitative estimate of drug-likeness (QED) is 0.269. The monoisotopic (exact) mass is 586 g/mol. The number of rotatable bonds is 8. The zero-order valence-corrected chi connectivity index (χ0v) is 24.8. The molecule has 2 saturated heterocycles. The van der Waals surface area contributed by atoms with Crippen molar-refractivity contribution in [3.63, 3.8) is 0 Å². The number of benzene rings is 2. The lowest BCUT2D eigenvalue weighted by Crippen LogP contribution is -2.23. The zero-order chi connectivity index (χ0) is 30.7. The standard InChI is InChI=1S/C16H21NO4.C14H17NO6/c1-16(2)20-9-12(21-16)6-11-7-13-10(8-14(11)19-3)4-5-15(18)17-13;1-14(2)20-8-11(21-14)4-9-5-12(15(17)18)10(7-16)6-13(9)19-3/h7-8,12H,4-6,9H2,1-3H3,(H,17,18);5-7,11H,4,8H2,1-3H3. The molecule has 3 aliphatic rings. The minimum absolute atomic E-state index is 0.00578. The lowest BCUT2D eigenvalue weighted by molar-refractivity contribution is -0.385. The van der Waals surface area contributed by atoms with Crippen LogP contribution in [0.4, 0.5) is 11.4 Å². The number of aryl methyl sites for hydroxylation is 1. The molecule has 228 valence electrons. The summed E-state index contributed by atoms with van der Waals surface area (Å²) in [4.78, 5) is 32.9. The predicted octanol–water partition coefficient (Wildman–Crippen LogP) is 4.38. The van der Waals surface area contributed by atoms with Crippen LogP contribution in [0.3, 0.4) is 0 Å². The van der Waals surface area contributed by atoms with Crippen LogP contribution in [-0.4, -0.2) is 68.3 Å². The summed E-state index contributed by atoms with van der Waals surface area (Å²) < 4.78 is 33.3. The maximum Gasteiger partial charge on any atom is 0.280 e. The number of nitro groups is 1. The fourth-order valence-electron chi connectivity index (χ4n) is 5.25. The Morgan fingerprint density at radius 2 is 1.48 bits per heavy atom. The van der Waals surface area contributed by atoms with E-state index >= 15 is 0 Å². The number of ether oxygens (including phenoxy) is 6. The highest BCUT2D eigenvalue weighted by molar-refractivity contribution is 5.94. The van der Waals surface area contributed by atoms with Crippen LogP contribution in [0.1, 0.15) is 61.2 Å². The molecule has 2 unspecified atom stereocenters. The summed E-state index contributed by atoms with van der Waals surface area (Å²) in [6.45, 7) is 8.41. The van der Waals surface area contributed by atoms with Crippen molar-refractivity contribution >= 4 is 23.6 Å². The summed E-state index contributed by atoms with van der Waals surface area (Å²) in [5.41, 5.74) is 3.41. The van der Waals surface area contributed by atoms with Gasteiger partial charge in [0.05, 0.1) is 50.1 Å². The maximum absolute atomic E-state index is 11.5. The van der Waals surface area contributed by atoms with Crippen molar-refractivity contribution in [2.24, 2.45) is 0 Å². The number of aldehydes is 1. The van der Waals surface area contributed by atoms with Crippen LogP contribution in [0.15, 0.2) is 24.3 Å². The van der Waals surface area contributed by atoms with E-state index in [0.29, 0.717) is 50.1 Å². The van der Waals surface area contributed by atoms with Crippen molar-refractivity contribution in [1.29, 1.82) is 0 Å². The zero-order valence-electron chi connectivity index (χ0n) is 24.8. The topological polar surface area (TPSA) is 145 Å². The van der Waals surface area contributed by atoms with Gasteiger partial charge < -0.3 is 33.7 Å². The Hall–Kier alpha value is -3.58. The van der Waals surface area contributed by atoms with Gasteiger partial charge in [-0.3, -0.25) is 19.7 Å². The van der Waals surface area contributed by atoms with Crippen LogP contribution in [0.2, 0.25) is 0 Å². The fourth-order valence-corrected chi connectivity index (χ4v) is 5.25. The number of nitrogens with zero attached hydrogens (tertiary/aromatic N) is 1. The van der Waals surface area contributed by atoms with Crippen LogP contribution < -0.4 is 14.8 Å². The first-order chi connectivity index (χ1) is 19.8. The molecule has 3 aliphatic heterocycles. The van der Waals surface area contributed by atoms with Gasteiger partial charge in [0.2, 0.25) is 5.91 Å². The van der Waals surface area contributed by atoms with Gasteiger partial charge in [0.25, 0.3) is 5.69 Å². The van der Waals surface area contributed by atoms with E-state index < -0.39 is 16.5 Å². The number of methoxy groups -OCH3 is 2. The Kier molecular flexibility index (Phi) is 9.51. The van der Waals surface area contributed by atoms with Crippen molar-refractivity contribution < 1.29 is 42.9 Å². The van der Waals surface area contributed by atoms with Gasteiger partial charge in [-0.2, -0.15) is 0 Å². The second-order valence-electron chi connectivity index (χ2n) is 11.3. The molecule has 0 aromatic heterocycles. The van der Waals surface area contributed by atoms with E-state index in [4.69, 9.17) is 28.4 Å². The number of nitrogens with one attached hydrogen (secondary N) is 1. The van der Waals surface area contributed by atoms with E-state index in [1.807, 2.05) is 39.8 Å². The van der Waals surface area contributed by atoms with Crippen molar-refractivity contribution in [3.05, 3.63) is 56.6 Å². The Balaban J connectivity index is 0.000000193. The van der Waals surface area contributed by atoms with Gasteiger partial charge >= 0.3 is 0 Å². The van der Waals surface area contributed by atoms with Crippen LogP contribution in [0.5, 0.6) is 11.5 Å². The average molecular weight is 587 g/mol. The number of carbonyl (C=O) groups excluding carboxylic acids is 2. The van der Waals surface area contributed by atoms with Crippen LogP contribution in [-0.2, 0) is 43.0 Å². The molecule has 3 heterocycles. The number of anilines is 1. The molecule has 12 nitrogen and oxygen atoms in total. The second kappa shape index (κ2) is 12.7. The normalized spacial score (nSPS) is 21.9. The van der Waals surface area contributed by atoms with E-state index in [1.54, 1.807) is 7.11 Å². The van der Waals surface area contributed by atoms with Crippen molar-refractivity contribution in [2.45, 2.75) is 77.2 Å². The second-order valence-corrected chi connectivity index (χ2v) is 11.3. The Labute approximate surface area is 244 Å². The molecular formula is C30H38N2O10. The summed E-state index contributed by atoms with van der Waals surface area (Å²) >= 11 is 0. The molecule has 0 bridgehead atoms. The van der Waals surface area contributed by atoms with E-state index in [0.717, 1.165) is 29.0 Å². The molecule has 0 spiro atoms. The molecule has 2 fully saturated rings. The Morgan fingerprint density at radius 3 is 1.95 bits per heavy atom. The number of carbonyl (C=O) groups is 2. The number of amides is 1. The molecule has 2 aromatic rings. The number of hydrogen-bond donors (Lipinski definition) is 1. The molecule has 0 aliphatic carbocycles. The molecule has 42 heavy (non-hydrogen) atoms. The Morgan fingerprint density at radius 1 is 0.929 bits per heavy atom. The molecule has 2 aromatic carbocycles. The average Bonchev–Trinajstić information content (AvgIpc) is 3.47. The van der Waals surface area contributed by atoms with Crippen molar-refractivity contribution in [3.8, 4) is 11.5 Å². The molecule has 2 atom stereocenters. The smallest absolute Gasteiger partial charge is 0.280 e. The minimum Gasteiger partial charge on any atom is -0.496 e. The van der Waals surface area contributed by atoms with Gasteiger partial charge in [0, 0.05) is 36.6 Å². The van der Waals surface area contributed by atoms with Crippen LogP contribution in [0, 0.1) is 10.1 Å². The predicted molar refractivity (Wildman–Crippen MR) is 152 cm³/mol. The summed E-state index contributed by atoms with van der Waals surface area (Å²) in [6, 6.07) is 6.75. The van der Waals surface area contributed by atoms with Crippen LogP contribution in [0.25, 0.3) is 0 Å². The fraction of sp³-hybridized carbons (Fsp3) is 0.533. The highest BCUT2D eigenvalue weighted by atomic mass is 16.7. The number of hydrogen-bond acceptors (Lipinski definition) is 10. The lowest BCUT2D eigenvalue weighted by atomic mass is 9.97. The van der Waals surface area contributed by atoms with E-state index in [9.17, 15) is 19.7 Å². The third-order valence-corrected chi connectivity index (χ3v) is 7.18. The summed E-state index contributed by atoms with van der Waals surface area (Å²) in [7, 11) is 3.12. The number of nitro benzene ring substituents is 1. The molecule has 1 N–H and O–H groups in total. The molecular weight excluding hydrogens is 548 g/mol. The van der Waals surface area contributed by atoms with Crippen molar-refractivity contribution in [2.75, 3.05) is 32.8 Å². The van der Waals surface area contributed by atoms with E-state index in [2.05, 4.69) is 5.32 Å². The minimum atomic E-state index is -0.660. The molecule has 1 amide bonds. The molecule has 0 saturated carbocycles. The first-order valence-electron chi connectivity index (χ1n) is 13.8. The molecule has 12 heteroatoms. The molecule has 5 rings (SSSR count). The van der Waals surface area contributed by atoms with E-state index in [1.165, 1.54) is 19.2 Å².